The molecule has 2 aromatic carbocycles. The van der Waals surface area contributed by atoms with E-state index in [0.29, 0.717) is 12.1 Å². The third-order valence-electron chi connectivity index (χ3n) is 3.77. The van der Waals surface area contributed by atoms with Crippen molar-refractivity contribution in [2.45, 2.75) is 18.4 Å². The summed E-state index contributed by atoms with van der Waals surface area (Å²) in [4.78, 5) is 14.2. The first-order valence-corrected chi connectivity index (χ1v) is 9.16. The molecule has 2 aromatic rings. The lowest BCUT2D eigenvalue weighted by molar-refractivity contribution is 0.0784. The first-order chi connectivity index (χ1) is 11.8. The van der Waals surface area contributed by atoms with Crippen molar-refractivity contribution in [2.75, 3.05) is 13.6 Å². The Morgan fingerprint density at radius 3 is 2.60 bits per heavy atom. The number of nitrogens with one attached hydrogen (secondary N) is 1. The van der Waals surface area contributed by atoms with Gasteiger partial charge in [-0.25, -0.2) is 8.42 Å². The fraction of sp³-hybridized carbons (Fsp3) is 0.211. The van der Waals surface area contributed by atoms with Crippen molar-refractivity contribution in [3.8, 4) is 12.3 Å². The monoisotopic (exact) mass is 356 g/mol. The van der Waals surface area contributed by atoms with Gasteiger partial charge in [-0.2, -0.15) is 4.72 Å². The van der Waals surface area contributed by atoms with Crippen LogP contribution < -0.4 is 4.72 Å². The molecule has 0 aliphatic heterocycles. The Bertz CT molecular complexity index is 914. The molecular weight excluding hydrogens is 336 g/mol. The maximum atomic E-state index is 12.6. The van der Waals surface area contributed by atoms with Crippen LogP contribution in [-0.4, -0.2) is 32.8 Å². The molecule has 0 unspecified atom stereocenters. The Morgan fingerprint density at radius 2 is 1.92 bits per heavy atom. The second-order valence-corrected chi connectivity index (χ2v) is 7.41. The topological polar surface area (TPSA) is 66.5 Å². The van der Waals surface area contributed by atoms with Gasteiger partial charge in [-0.15, -0.1) is 6.42 Å². The van der Waals surface area contributed by atoms with Gasteiger partial charge >= 0.3 is 0 Å². The summed E-state index contributed by atoms with van der Waals surface area (Å²) in [6.07, 6.45) is 5.08. The normalized spacial score (nSPS) is 10.9. The van der Waals surface area contributed by atoms with Crippen molar-refractivity contribution in [3.05, 3.63) is 65.2 Å². The third-order valence-corrected chi connectivity index (χ3v) is 5.17. The van der Waals surface area contributed by atoms with E-state index >= 15 is 0 Å². The molecule has 0 aliphatic rings. The number of benzene rings is 2. The van der Waals surface area contributed by atoms with Crippen molar-refractivity contribution >= 4 is 15.9 Å². The van der Waals surface area contributed by atoms with Gasteiger partial charge in [0.2, 0.25) is 10.0 Å². The minimum Gasteiger partial charge on any atom is -0.337 e. The van der Waals surface area contributed by atoms with Crippen LogP contribution in [0.4, 0.5) is 0 Å². The number of carbonyl (C=O) groups excluding carboxylic acids is 1. The number of sulfonamides is 1. The van der Waals surface area contributed by atoms with Crippen molar-refractivity contribution in [3.63, 3.8) is 0 Å². The molecule has 0 saturated carbocycles. The predicted octanol–water partition coefficient (Wildman–Crippen LogP) is 2.18. The molecule has 0 aromatic heterocycles. The Labute approximate surface area is 148 Å². The molecule has 1 N–H and O–H groups in total. The summed E-state index contributed by atoms with van der Waals surface area (Å²) >= 11 is 0. The summed E-state index contributed by atoms with van der Waals surface area (Å²) in [6.45, 7) is 2.32. The molecule has 25 heavy (non-hydrogen) atoms. The molecule has 1 amide bonds. The van der Waals surface area contributed by atoms with Gasteiger partial charge in [-0.1, -0.05) is 36.3 Å². The highest BCUT2D eigenvalue weighted by molar-refractivity contribution is 7.89. The van der Waals surface area contributed by atoms with Gasteiger partial charge in [0.1, 0.15) is 0 Å². The standard InChI is InChI=1S/C19H20N2O3S/c1-4-12-20-25(23,24)18-11-7-10-16(13-18)19(22)21(3)14-17-9-6-5-8-15(17)2/h1,5-11,13,20H,12,14H2,2-3H3. The van der Waals surface area contributed by atoms with E-state index in [2.05, 4.69) is 10.6 Å². The van der Waals surface area contributed by atoms with Gasteiger partial charge in [0.25, 0.3) is 5.91 Å². The quantitative estimate of drug-likeness (QED) is 0.807. The Hall–Kier alpha value is -2.62. The van der Waals surface area contributed by atoms with Gasteiger partial charge in [-0.3, -0.25) is 4.79 Å². The molecule has 0 heterocycles. The predicted molar refractivity (Wildman–Crippen MR) is 97.4 cm³/mol. The van der Waals surface area contributed by atoms with Gasteiger partial charge in [0, 0.05) is 19.2 Å². The first kappa shape index (κ1) is 18.7. The van der Waals surface area contributed by atoms with Crippen molar-refractivity contribution < 1.29 is 13.2 Å². The summed E-state index contributed by atoms with van der Waals surface area (Å²) in [5.41, 5.74) is 2.44. The molecule has 0 saturated heterocycles. The highest BCUT2D eigenvalue weighted by atomic mass is 32.2. The van der Waals surface area contributed by atoms with E-state index in [1.807, 2.05) is 31.2 Å². The van der Waals surface area contributed by atoms with Crippen LogP contribution in [0.2, 0.25) is 0 Å². The summed E-state index contributed by atoms with van der Waals surface area (Å²) in [5.74, 6) is 1.96. The maximum Gasteiger partial charge on any atom is 0.253 e. The molecule has 5 nitrogen and oxygen atoms in total. The van der Waals surface area contributed by atoms with Gasteiger partial charge in [0.15, 0.2) is 0 Å². The van der Waals surface area contributed by atoms with Crippen LogP contribution in [0, 0.1) is 19.3 Å². The number of rotatable bonds is 6. The lowest BCUT2D eigenvalue weighted by atomic mass is 10.1. The first-order valence-electron chi connectivity index (χ1n) is 7.68. The zero-order valence-electron chi connectivity index (χ0n) is 14.2. The Morgan fingerprint density at radius 1 is 1.20 bits per heavy atom. The average Bonchev–Trinajstić information content (AvgIpc) is 2.61. The molecule has 0 radical (unpaired) electrons. The van der Waals surface area contributed by atoms with Crippen LogP contribution in [0.1, 0.15) is 21.5 Å². The second kappa shape index (κ2) is 7.97. The van der Waals surface area contributed by atoms with Gasteiger partial charge in [0.05, 0.1) is 11.4 Å². The molecule has 0 fully saturated rings. The highest BCUT2D eigenvalue weighted by Crippen LogP contribution is 2.15. The van der Waals surface area contributed by atoms with E-state index < -0.39 is 10.0 Å². The van der Waals surface area contributed by atoms with Crippen LogP contribution in [-0.2, 0) is 16.6 Å². The molecule has 130 valence electrons. The second-order valence-electron chi connectivity index (χ2n) is 5.64. The number of aryl methyl sites for hydroxylation is 1. The number of amides is 1. The molecule has 2 rings (SSSR count). The summed E-state index contributed by atoms with van der Waals surface area (Å²) in [6, 6.07) is 13.7. The van der Waals surface area contributed by atoms with Crippen LogP contribution in [0.3, 0.4) is 0 Å². The average molecular weight is 356 g/mol. The van der Waals surface area contributed by atoms with Crippen LogP contribution in [0.15, 0.2) is 53.4 Å². The smallest absolute Gasteiger partial charge is 0.253 e. The lowest BCUT2D eigenvalue weighted by Crippen LogP contribution is -2.27. The van der Waals surface area contributed by atoms with Crippen molar-refractivity contribution in [1.29, 1.82) is 0 Å². The van der Waals surface area contributed by atoms with Gasteiger partial charge < -0.3 is 4.90 Å². The zero-order chi connectivity index (χ0) is 18.4. The largest absolute Gasteiger partial charge is 0.337 e. The van der Waals surface area contributed by atoms with Crippen LogP contribution in [0.25, 0.3) is 0 Å². The highest BCUT2D eigenvalue weighted by Gasteiger charge is 2.18. The molecule has 6 heteroatoms. The van der Waals surface area contributed by atoms with Crippen LogP contribution in [0.5, 0.6) is 0 Å². The van der Waals surface area contributed by atoms with E-state index in [9.17, 15) is 13.2 Å². The Kier molecular flexibility index (Phi) is 5.97. The van der Waals surface area contributed by atoms with E-state index in [-0.39, 0.29) is 17.3 Å². The molecule has 0 bridgehead atoms. The van der Waals surface area contributed by atoms with E-state index in [1.165, 1.54) is 12.1 Å². The van der Waals surface area contributed by atoms with E-state index in [4.69, 9.17) is 6.42 Å². The fourth-order valence-corrected chi connectivity index (χ4v) is 3.33. The summed E-state index contributed by atoms with van der Waals surface area (Å²) < 4.78 is 26.6. The molecule has 0 atom stereocenters. The number of hydrogen-bond acceptors (Lipinski definition) is 3. The SMILES string of the molecule is C#CCNS(=O)(=O)c1cccc(C(=O)N(C)Cc2ccccc2C)c1. The number of terminal acetylenes is 1. The zero-order valence-corrected chi connectivity index (χ0v) is 15.0. The van der Waals surface area contributed by atoms with Crippen molar-refractivity contribution in [2.24, 2.45) is 0 Å². The Balaban J connectivity index is 2.21. The van der Waals surface area contributed by atoms with E-state index in [0.717, 1.165) is 11.1 Å². The summed E-state index contributed by atoms with van der Waals surface area (Å²) in [7, 11) is -2.05. The number of hydrogen-bond donors (Lipinski definition) is 1. The molecular formula is C19H20N2O3S. The molecule has 0 spiro atoms. The van der Waals surface area contributed by atoms with E-state index in [1.54, 1.807) is 24.1 Å². The minimum atomic E-state index is -3.73. The fourth-order valence-electron chi connectivity index (χ4n) is 2.35. The number of nitrogens with zero attached hydrogens (tertiary/aromatic N) is 1. The molecule has 0 aliphatic carbocycles. The maximum absolute atomic E-state index is 12.6. The van der Waals surface area contributed by atoms with Gasteiger partial charge in [-0.05, 0) is 36.2 Å². The third kappa shape index (κ3) is 4.69. The number of carbonyl (C=O) groups is 1. The summed E-state index contributed by atoms with van der Waals surface area (Å²) in [5, 5.41) is 0. The van der Waals surface area contributed by atoms with Crippen molar-refractivity contribution in [1.82, 2.24) is 9.62 Å². The van der Waals surface area contributed by atoms with Crippen LogP contribution >= 0.6 is 0 Å². The lowest BCUT2D eigenvalue weighted by Gasteiger charge is -2.19. The minimum absolute atomic E-state index is 0.0119.